The number of aliphatic imine (C=N–C) groups is 1. The molecule has 1 heterocycles. The van der Waals surface area contributed by atoms with Gasteiger partial charge in [0.05, 0.1) is 18.8 Å². The lowest BCUT2D eigenvalue weighted by molar-refractivity contribution is -0.141. The van der Waals surface area contributed by atoms with Crippen LogP contribution in [0.1, 0.15) is 24.1 Å². The molecule has 0 aliphatic carbocycles. The first-order valence-electron chi connectivity index (χ1n) is 7.33. The Kier molecular flexibility index (Phi) is 4.35. The number of nitrogens with zero attached hydrogens (tertiary/aromatic N) is 2. The summed E-state index contributed by atoms with van der Waals surface area (Å²) in [4.78, 5) is 18.4. The van der Waals surface area contributed by atoms with E-state index in [1.54, 1.807) is 0 Å². The van der Waals surface area contributed by atoms with Crippen molar-refractivity contribution in [3.8, 4) is 0 Å². The number of fused-ring (bicyclic) bond motifs is 1. The Bertz CT molecular complexity index is 759. The van der Waals surface area contributed by atoms with Gasteiger partial charge < -0.3 is 9.64 Å². The highest BCUT2D eigenvalue weighted by Crippen LogP contribution is 2.40. The van der Waals surface area contributed by atoms with Crippen LogP contribution in [0.2, 0.25) is 5.02 Å². The second-order valence-electron chi connectivity index (χ2n) is 5.38. The first kappa shape index (κ1) is 15.6. The molecule has 0 spiro atoms. The Morgan fingerprint density at radius 2 is 2.00 bits per heavy atom. The molecule has 1 atom stereocenters. The molecular weight excluding hydrogens is 312 g/mol. The van der Waals surface area contributed by atoms with Crippen molar-refractivity contribution in [1.82, 2.24) is 4.90 Å². The number of benzene rings is 2. The van der Waals surface area contributed by atoms with Gasteiger partial charge >= 0.3 is 5.97 Å². The van der Waals surface area contributed by atoms with E-state index in [0.717, 1.165) is 22.6 Å². The number of hydrogen-bond donors (Lipinski definition) is 0. The molecule has 2 aromatic carbocycles. The third-order valence-corrected chi connectivity index (χ3v) is 4.17. The minimum atomic E-state index is -0.300. The summed E-state index contributed by atoms with van der Waals surface area (Å²) in [6, 6.07) is 15.5. The van der Waals surface area contributed by atoms with Gasteiger partial charge in [-0.2, -0.15) is 0 Å². The van der Waals surface area contributed by atoms with E-state index >= 15 is 0 Å². The van der Waals surface area contributed by atoms with Crippen LogP contribution in [0.25, 0.3) is 0 Å². The van der Waals surface area contributed by atoms with E-state index in [4.69, 9.17) is 16.3 Å². The highest BCUT2D eigenvalue weighted by Gasteiger charge is 2.31. The van der Waals surface area contributed by atoms with Crippen molar-refractivity contribution in [2.75, 3.05) is 13.7 Å². The Hall–Kier alpha value is -2.33. The summed E-state index contributed by atoms with van der Waals surface area (Å²) in [6.45, 7) is 2.04. The van der Waals surface area contributed by atoms with Gasteiger partial charge in [-0.1, -0.05) is 41.9 Å². The molecule has 3 rings (SSSR count). The van der Waals surface area contributed by atoms with Crippen molar-refractivity contribution in [3.05, 3.63) is 64.7 Å². The predicted octanol–water partition coefficient (Wildman–Crippen LogP) is 3.97. The highest BCUT2D eigenvalue weighted by atomic mass is 35.5. The number of methoxy groups -OCH3 is 1. The largest absolute Gasteiger partial charge is 0.468 e. The maximum absolute atomic E-state index is 11.8. The molecule has 4 nitrogen and oxygen atoms in total. The minimum absolute atomic E-state index is 0.124. The fourth-order valence-corrected chi connectivity index (χ4v) is 3.02. The standard InChI is InChI=1S/C18H17ClN2O2/c1-12-20-16-9-8-14(19)10-15(16)18(13-6-4-3-5-7-13)21(12)11-17(22)23-2/h3-10,18H,11H2,1-2H3/t18-/m0/s1. The van der Waals surface area contributed by atoms with E-state index in [0.29, 0.717) is 5.02 Å². The number of esters is 1. The van der Waals surface area contributed by atoms with Gasteiger partial charge in [-0.3, -0.25) is 4.79 Å². The first-order chi connectivity index (χ1) is 11.1. The van der Waals surface area contributed by atoms with Crippen molar-refractivity contribution in [2.24, 2.45) is 4.99 Å². The normalized spacial score (nSPS) is 16.6. The van der Waals surface area contributed by atoms with Crippen LogP contribution in [0.3, 0.4) is 0 Å². The zero-order valence-corrected chi connectivity index (χ0v) is 13.7. The van der Waals surface area contributed by atoms with Crippen LogP contribution < -0.4 is 0 Å². The smallest absolute Gasteiger partial charge is 0.325 e. The summed E-state index contributed by atoms with van der Waals surface area (Å²) in [5.74, 6) is 0.477. The van der Waals surface area contributed by atoms with Crippen molar-refractivity contribution < 1.29 is 9.53 Å². The van der Waals surface area contributed by atoms with Gasteiger partial charge in [-0.05, 0) is 30.7 Å². The summed E-state index contributed by atoms with van der Waals surface area (Å²) < 4.78 is 4.84. The van der Waals surface area contributed by atoms with Gasteiger partial charge in [-0.15, -0.1) is 0 Å². The van der Waals surface area contributed by atoms with Crippen LogP contribution in [0.5, 0.6) is 0 Å². The Balaban J connectivity index is 2.13. The maximum atomic E-state index is 11.8. The zero-order chi connectivity index (χ0) is 16.4. The molecule has 0 saturated carbocycles. The van der Waals surface area contributed by atoms with E-state index in [-0.39, 0.29) is 18.6 Å². The van der Waals surface area contributed by atoms with E-state index in [9.17, 15) is 4.79 Å². The van der Waals surface area contributed by atoms with Gasteiger partial charge in [0.25, 0.3) is 0 Å². The van der Waals surface area contributed by atoms with Gasteiger partial charge in [0, 0.05) is 10.6 Å². The number of carbonyl (C=O) groups is 1. The molecule has 0 fully saturated rings. The fourth-order valence-electron chi connectivity index (χ4n) is 2.84. The van der Waals surface area contributed by atoms with E-state index in [2.05, 4.69) is 4.99 Å². The van der Waals surface area contributed by atoms with Crippen LogP contribution in [-0.4, -0.2) is 30.4 Å². The Labute approximate surface area is 140 Å². The summed E-state index contributed by atoms with van der Waals surface area (Å²) in [7, 11) is 1.39. The third-order valence-electron chi connectivity index (χ3n) is 3.94. The zero-order valence-electron chi connectivity index (χ0n) is 13.0. The number of carbonyl (C=O) groups excluding carboxylic acids is 1. The molecule has 1 aliphatic rings. The summed E-state index contributed by atoms with van der Waals surface area (Å²) >= 11 is 6.19. The van der Waals surface area contributed by atoms with Crippen molar-refractivity contribution in [3.63, 3.8) is 0 Å². The van der Waals surface area contributed by atoms with E-state index in [1.165, 1.54) is 7.11 Å². The number of halogens is 1. The second kappa shape index (κ2) is 6.42. The molecule has 0 unspecified atom stereocenters. The Morgan fingerprint density at radius 3 is 2.70 bits per heavy atom. The van der Waals surface area contributed by atoms with Crippen molar-refractivity contribution in [2.45, 2.75) is 13.0 Å². The minimum Gasteiger partial charge on any atom is -0.468 e. The lowest BCUT2D eigenvalue weighted by atomic mass is 9.94. The Morgan fingerprint density at radius 1 is 1.26 bits per heavy atom. The summed E-state index contributed by atoms with van der Waals surface area (Å²) in [5, 5.41) is 0.650. The lowest BCUT2D eigenvalue weighted by Gasteiger charge is -2.37. The molecule has 5 heteroatoms. The van der Waals surface area contributed by atoms with Crippen LogP contribution in [-0.2, 0) is 9.53 Å². The van der Waals surface area contributed by atoms with Crippen LogP contribution in [0.4, 0.5) is 5.69 Å². The number of hydrogen-bond acceptors (Lipinski definition) is 4. The average molecular weight is 329 g/mol. The predicted molar refractivity (Wildman–Crippen MR) is 91.2 cm³/mol. The van der Waals surface area contributed by atoms with Crippen LogP contribution >= 0.6 is 11.6 Å². The first-order valence-corrected chi connectivity index (χ1v) is 7.71. The molecule has 0 aromatic heterocycles. The molecule has 118 valence electrons. The second-order valence-corrected chi connectivity index (χ2v) is 5.82. The molecule has 23 heavy (non-hydrogen) atoms. The van der Waals surface area contributed by atoms with Gasteiger partial charge in [0.2, 0.25) is 0 Å². The number of amidine groups is 1. The van der Waals surface area contributed by atoms with Gasteiger partial charge in [0.1, 0.15) is 12.4 Å². The third kappa shape index (κ3) is 3.08. The molecule has 0 bridgehead atoms. The lowest BCUT2D eigenvalue weighted by Crippen LogP contribution is -2.40. The SMILES string of the molecule is COC(=O)CN1C(C)=Nc2ccc(Cl)cc2[C@@H]1c1ccccc1. The molecule has 1 aliphatic heterocycles. The summed E-state index contributed by atoms with van der Waals surface area (Å²) in [6.07, 6.45) is 0. The molecule has 0 saturated heterocycles. The number of rotatable bonds is 3. The topological polar surface area (TPSA) is 41.9 Å². The van der Waals surface area contributed by atoms with Crippen molar-refractivity contribution in [1.29, 1.82) is 0 Å². The highest BCUT2D eigenvalue weighted by molar-refractivity contribution is 6.30. The monoisotopic (exact) mass is 328 g/mol. The number of ether oxygens (including phenoxy) is 1. The van der Waals surface area contributed by atoms with Gasteiger partial charge in [0.15, 0.2) is 0 Å². The average Bonchev–Trinajstić information content (AvgIpc) is 2.56. The van der Waals surface area contributed by atoms with Crippen LogP contribution in [0, 0.1) is 0 Å². The molecule has 0 radical (unpaired) electrons. The molecule has 0 N–H and O–H groups in total. The molecule has 0 amide bonds. The van der Waals surface area contributed by atoms with Gasteiger partial charge in [-0.25, -0.2) is 4.99 Å². The fraction of sp³-hybridized carbons (Fsp3) is 0.222. The molecular formula is C18H17ClN2O2. The van der Waals surface area contributed by atoms with Crippen LogP contribution in [0.15, 0.2) is 53.5 Å². The van der Waals surface area contributed by atoms with Crippen molar-refractivity contribution >= 4 is 29.1 Å². The summed E-state index contributed by atoms with van der Waals surface area (Å²) in [5.41, 5.74) is 2.94. The molecule has 2 aromatic rings. The van der Waals surface area contributed by atoms with E-state index < -0.39 is 0 Å². The van der Waals surface area contributed by atoms with E-state index in [1.807, 2.05) is 60.4 Å². The quantitative estimate of drug-likeness (QED) is 0.801. The maximum Gasteiger partial charge on any atom is 0.325 e.